The minimum Gasteiger partial charge on any atom is -0.496 e. The van der Waals surface area contributed by atoms with Crippen molar-refractivity contribution in [2.45, 2.75) is 37.0 Å². The van der Waals surface area contributed by atoms with Gasteiger partial charge in [0.1, 0.15) is 5.75 Å². The maximum absolute atomic E-state index is 13.0. The Kier molecular flexibility index (Phi) is 8.60. The van der Waals surface area contributed by atoms with Crippen LogP contribution in [-0.4, -0.2) is 75.9 Å². The summed E-state index contributed by atoms with van der Waals surface area (Å²) in [6.45, 7) is 2.94. The number of ether oxygens (including phenoxy) is 2. The number of anilines is 1. The molecule has 1 N–H and O–H groups in total. The van der Waals surface area contributed by atoms with E-state index in [4.69, 9.17) is 9.47 Å². The lowest BCUT2D eigenvalue weighted by Gasteiger charge is -2.26. The van der Waals surface area contributed by atoms with Crippen molar-refractivity contribution in [3.05, 3.63) is 53.6 Å². The number of hydrogen-bond acceptors (Lipinski definition) is 6. The van der Waals surface area contributed by atoms with Gasteiger partial charge in [-0.15, -0.1) is 0 Å². The Balaban J connectivity index is 1.37. The zero-order valence-corrected chi connectivity index (χ0v) is 21.4. The Morgan fingerprint density at radius 1 is 0.972 bits per heavy atom. The molecule has 0 aliphatic carbocycles. The Hall–Kier alpha value is -2.95. The lowest BCUT2D eigenvalue weighted by Crippen LogP contribution is -2.40. The number of carbonyl (C=O) groups is 2. The zero-order chi connectivity index (χ0) is 25.5. The van der Waals surface area contributed by atoms with Crippen LogP contribution in [0.5, 0.6) is 5.75 Å². The van der Waals surface area contributed by atoms with E-state index in [0.717, 1.165) is 32.4 Å². The number of carbonyl (C=O) groups excluding carboxylic acids is 2. The average molecular weight is 516 g/mol. The molecule has 2 aromatic carbocycles. The molecule has 0 bridgehead atoms. The standard InChI is InChI=1S/C26H33N3O6S/c1-34-24-11-10-23(36(32,33)29-15-17-35-18-16-29)19-21(24)7-12-25(30)27-22-8-5-20(6-9-22)26(31)28-13-3-2-4-14-28/h5-6,8-11,19H,2-4,7,12-18H2,1H3,(H,27,30). The number of rotatable bonds is 8. The third-order valence-electron chi connectivity index (χ3n) is 6.54. The van der Waals surface area contributed by atoms with E-state index < -0.39 is 10.0 Å². The van der Waals surface area contributed by atoms with Gasteiger partial charge in [0.15, 0.2) is 0 Å². The molecule has 2 aliphatic rings. The predicted octanol–water partition coefficient (Wildman–Crippen LogP) is 2.91. The van der Waals surface area contributed by atoms with Gasteiger partial charge in [0.25, 0.3) is 5.91 Å². The van der Waals surface area contributed by atoms with Gasteiger partial charge in [-0.1, -0.05) is 0 Å². The number of benzene rings is 2. The van der Waals surface area contributed by atoms with Crippen molar-refractivity contribution in [3.63, 3.8) is 0 Å². The van der Waals surface area contributed by atoms with Crippen LogP contribution in [0.4, 0.5) is 5.69 Å². The summed E-state index contributed by atoms with van der Waals surface area (Å²) in [5.41, 5.74) is 1.85. The van der Waals surface area contributed by atoms with Crippen LogP contribution in [-0.2, 0) is 26.0 Å². The van der Waals surface area contributed by atoms with E-state index in [-0.39, 0.29) is 23.1 Å². The van der Waals surface area contributed by atoms with Gasteiger partial charge in [0.05, 0.1) is 25.2 Å². The Morgan fingerprint density at radius 2 is 1.67 bits per heavy atom. The number of sulfonamides is 1. The molecule has 0 radical (unpaired) electrons. The van der Waals surface area contributed by atoms with Crippen LogP contribution < -0.4 is 10.1 Å². The fourth-order valence-electron chi connectivity index (χ4n) is 4.49. The third kappa shape index (κ3) is 6.24. The number of likely N-dealkylation sites (tertiary alicyclic amines) is 1. The molecule has 2 fully saturated rings. The molecule has 0 atom stereocenters. The van der Waals surface area contributed by atoms with Crippen molar-refractivity contribution >= 4 is 27.5 Å². The quantitative estimate of drug-likeness (QED) is 0.580. The summed E-state index contributed by atoms with van der Waals surface area (Å²) >= 11 is 0. The molecule has 2 aliphatic heterocycles. The van der Waals surface area contributed by atoms with Gasteiger partial charge in [-0.05, 0) is 73.7 Å². The molecule has 2 aromatic rings. The van der Waals surface area contributed by atoms with Crippen LogP contribution in [0.2, 0.25) is 0 Å². The number of morpholine rings is 1. The van der Waals surface area contributed by atoms with Crippen molar-refractivity contribution in [1.82, 2.24) is 9.21 Å². The SMILES string of the molecule is COc1ccc(S(=O)(=O)N2CCOCC2)cc1CCC(=O)Nc1ccc(C(=O)N2CCCCC2)cc1. The number of amides is 2. The van der Waals surface area contributed by atoms with Gasteiger partial charge < -0.3 is 19.7 Å². The highest BCUT2D eigenvalue weighted by Crippen LogP contribution is 2.26. The second-order valence-electron chi connectivity index (χ2n) is 8.97. The Bertz CT molecular complexity index is 1170. The first-order valence-corrected chi connectivity index (χ1v) is 13.8. The summed E-state index contributed by atoms with van der Waals surface area (Å²) in [4.78, 5) is 27.3. The molecule has 2 amide bonds. The van der Waals surface area contributed by atoms with Crippen molar-refractivity contribution in [1.29, 1.82) is 0 Å². The molecule has 10 heteroatoms. The van der Waals surface area contributed by atoms with E-state index in [2.05, 4.69) is 5.32 Å². The van der Waals surface area contributed by atoms with Crippen LogP contribution >= 0.6 is 0 Å². The largest absolute Gasteiger partial charge is 0.496 e. The maximum Gasteiger partial charge on any atom is 0.253 e. The number of hydrogen-bond donors (Lipinski definition) is 1. The molecule has 0 saturated carbocycles. The molecule has 0 aromatic heterocycles. The fraction of sp³-hybridized carbons (Fsp3) is 0.462. The minimum atomic E-state index is -3.65. The molecular formula is C26H33N3O6S. The van der Waals surface area contributed by atoms with Crippen LogP contribution in [0.25, 0.3) is 0 Å². The molecule has 2 saturated heterocycles. The van der Waals surface area contributed by atoms with Gasteiger partial charge in [-0.3, -0.25) is 9.59 Å². The summed E-state index contributed by atoms with van der Waals surface area (Å²) in [7, 11) is -2.13. The summed E-state index contributed by atoms with van der Waals surface area (Å²) in [6.07, 6.45) is 3.69. The molecule has 194 valence electrons. The molecule has 4 rings (SSSR count). The van der Waals surface area contributed by atoms with Gasteiger partial charge >= 0.3 is 0 Å². The van der Waals surface area contributed by atoms with Crippen LogP contribution in [0.15, 0.2) is 47.4 Å². The summed E-state index contributed by atoms with van der Waals surface area (Å²) in [6, 6.07) is 11.7. The number of nitrogens with one attached hydrogen (secondary N) is 1. The molecule has 36 heavy (non-hydrogen) atoms. The van der Waals surface area contributed by atoms with Crippen LogP contribution in [0, 0.1) is 0 Å². The molecule has 2 heterocycles. The predicted molar refractivity (Wildman–Crippen MR) is 136 cm³/mol. The normalized spacial score (nSPS) is 17.0. The van der Waals surface area contributed by atoms with E-state index >= 15 is 0 Å². The van der Waals surface area contributed by atoms with E-state index in [1.165, 1.54) is 17.5 Å². The highest BCUT2D eigenvalue weighted by molar-refractivity contribution is 7.89. The van der Waals surface area contributed by atoms with Gasteiger partial charge in [-0.2, -0.15) is 4.31 Å². The first-order chi connectivity index (χ1) is 17.4. The van der Waals surface area contributed by atoms with Gasteiger partial charge in [-0.25, -0.2) is 8.42 Å². The van der Waals surface area contributed by atoms with Crippen LogP contribution in [0.1, 0.15) is 41.6 Å². The smallest absolute Gasteiger partial charge is 0.253 e. The van der Waals surface area contributed by atoms with E-state index in [0.29, 0.717) is 55.3 Å². The van der Waals surface area contributed by atoms with Crippen molar-refractivity contribution in [2.75, 3.05) is 51.8 Å². The van der Waals surface area contributed by atoms with Gasteiger partial charge in [0.2, 0.25) is 15.9 Å². The lowest BCUT2D eigenvalue weighted by molar-refractivity contribution is -0.116. The van der Waals surface area contributed by atoms with Crippen molar-refractivity contribution in [3.8, 4) is 5.75 Å². The van der Waals surface area contributed by atoms with Crippen molar-refractivity contribution < 1.29 is 27.5 Å². The number of methoxy groups -OCH3 is 1. The first kappa shape index (κ1) is 26.1. The second kappa shape index (κ2) is 11.9. The molecule has 0 unspecified atom stereocenters. The van der Waals surface area contributed by atoms with E-state index in [1.807, 2.05) is 4.90 Å². The average Bonchev–Trinajstić information content (AvgIpc) is 2.92. The molecular weight excluding hydrogens is 482 g/mol. The number of nitrogens with zero attached hydrogens (tertiary/aromatic N) is 2. The first-order valence-electron chi connectivity index (χ1n) is 12.3. The fourth-order valence-corrected chi connectivity index (χ4v) is 5.95. The summed E-state index contributed by atoms with van der Waals surface area (Å²) in [5.74, 6) is 0.337. The third-order valence-corrected chi connectivity index (χ3v) is 8.43. The van der Waals surface area contributed by atoms with Crippen LogP contribution in [0.3, 0.4) is 0 Å². The summed E-state index contributed by atoms with van der Waals surface area (Å²) in [5, 5.41) is 2.85. The van der Waals surface area contributed by atoms with E-state index in [9.17, 15) is 18.0 Å². The minimum absolute atomic E-state index is 0.0200. The second-order valence-corrected chi connectivity index (χ2v) is 10.9. The molecule has 0 spiro atoms. The van der Waals surface area contributed by atoms with Crippen molar-refractivity contribution in [2.24, 2.45) is 0 Å². The highest BCUT2D eigenvalue weighted by atomic mass is 32.2. The summed E-state index contributed by atoms with van der Waals surface area (Å²) < 4.78 is 38.1. The van der Waals surface area contributed by atoms with Gasteiger partial charge in [0, 0.05) is 43.9 Å². The number of aryl methyl sites for hydroxylation is 1. The molecule has 9 nitrogen and oxygen atoms in total. The maximum atomic E-state index is 13.0. The monoisotopic (exact) mass is 515 g/mol. The number of piperidine rings is 1. The highest BCUT2D eigenvalue weighted by Gasteiger charge is 2.27. The zero-order valence-electron chi connectivity index (χ0n) is 20.6. The Morgan fingerprint density at radius 3 is 2.33 bits per heavy atom. The van der Waals surface area contributed by atoms with E-state index in [1.54, 1.807) is 36.4 Å². The topological polar surface area (TPSA) is 105 Å². The lowest BCUT2D eigenvalue weighted by atomic mass is 10.1. The Labute approximate surface area is 212 Å².